The zero-order valence-electron chi connectivity index (χ0n) is 5.62. The van der Waals surface area contributed by atoms with Crippen LogP contribution in [0, 0.1) is 0 Å². The minimum Gasteiger partial charge on any atom is -1.00 e. The van der Waals surface area contributed by atoms with Crippen molar-refractivity contribution in [2.24, 2.45) is 0 Å². The summed E-state index contributed by atoms with van der Waals surface area (Å²) in [4.78, 5) is 0. The molecule has 0 radical (unpaired) electrons. The summed E-state index contributed by atoms with van der Waals surface area (Å²) in [6.07, 6.45) is 0. The van der Waals surface area contributed by atoms with Gasteiger partial charge in [-0.2, -0.15) is 0 Å². The predicted molar refractivity (Wildman–Crippen MR) is 28.9 cm³/mol. The summed E-state index contributed by atoms with van der Waals surface area (Å²) < 4.78 is 12.2. The molecule has 0 aliphatic heterocycles. The highest BCUT2D eigenvalue weighted by Gasteiger charge is 2.03. The van der Waals surface area contributed by atoms with Crippen LogP contribution in [0.15, 0.2) is 0 Å². The normalized spacial score (nSPS) is 10.5. The third-order valence-corrected chi connectivity index (χ3v) is 0.755. The summed E-state index contributed by atoms with van der Waals surface area (Å²) in [6, 6.07) is 0. The first-order chi connectivity index (χ1) is 3.06. The molecule has 52 valence electrons. The highest BCUT2D eigenvalue weighted by molar-refractivity contribution is 4.19. The maximum Gasteiger partial charge on any atom is 0.138 e. The van der Waals surface area contributed by atoms with E-state index in [4.69, 9.17) is 0 Å². The Morgan fingerprint density at radius 3 is 1.62 bits per heavy atom. The standard InChI is InChI=1S/C5H13FN.FH/c1-7(2,3)5-4-6;/h4-5H2,1-3H3;1H/q+1;/p-1. The third-order valence-electron chi connectivity index (χ3n) is 0.755. The fourth-order valence-corrected chi connectivity index (χ4v) is 0.254. The van der Waals surface area contributed by atoms with E-state index in [1.54, 1.807) is 0 Å². The lowest BCUT2D eigenvalue weighted by Gasteiger charge is -2.21. The molecular formula is C5H13F2N. The average molecular weight is 125 g/mol. The Labute approximate surface area is 49.1 Å². The topological polar surface area (TPSA) is 0 Å². The fourth-order valence-electron chi connectivity index (χ4n) is 0.254. The first-order valence-electron chi connectivity index (χ1n) is 2.43. The molecule has 0 rings (SSSR count). The van der Waals surface area contributed by atoms with Gasteiger partial charge in [-0.3, -0.25) is 0 Å². The lowest BCUT2D eigenvalue weighted by Crippen LogP contribution is -3.00. The van der Waals surface area contributed by atoms with E-state index in [2.05, 4.69) is 0 Å². The Kier molecular flexibility index (Phi) is 5.07. The molecule has 0 aliphatic rings. The Bertz CT molecular complexity index is 48.9. The molecule has 0 aromatic carbocycles. The predicted octanol–water partition coefficient (Wildman–Crippen LogP) is -2.33. The van der Waals surface area contributed by atoms with Gasteiger partial charge in [-0.15, -0.1) is 0 Å². The van der Waals surface area contributed by atoms with Gasteiger partial charge in [-0.05, 0) is 0 Å². The molecule has 0 spiro atoms. The van der Waals surface area contributed by atoms with E-state index in [1.165, 1.54) is 0 Å². The number of halogens is 2. The van der Waals surface area contributed by atoms with Gasteiger partial charge in [0.2, 0.25) is 0 Å². The third kappa shape index (κ3) is 9.27. The van der Waals surface area contributed by atoms with Crippen molar-refractivity contribution in [2.75, 3.05) is 34.4 Å². The summed E-state index contributed by atoms with van der Waals surface area (Å²) in [5, 5.41) is 0. The summed E-state index contributed by atoms with van der Waals surface area (Å²) in [5.41, 5.74) is 0. The van der Waals surface area contributed by atoms with Gasteiger partial charge in [0, 0.05) is 0 Å². The molecule has 0 saturated heterocycles. The van der Waals surface area contributed by atoms with Crippen molar-refractivity contribution in [1.29, 1.82) is 0 Å². The minimum absolute atomic E-state index is 0. The second kappa shape index (κ2) is 3.78. The van der Waals surface area contributed by atoms with E-state index < -0.39 is 0 Å². The van der Waals surface area contributed by atoms with Crippen molar-refractivity contribution < 1.29 is 13.6 Å². The number of hydrogen-bond donors (Lipinski definition) is 0. The molecule has 1 nitrogen and oxygen atoms in total. The van der Waals surface area contributed by atoms with Gasteiger partial charge in [-0.1, -0.05) is 0 Å². The SMILES string of the molecule is C[N+](C)(C)CCF.[F-]. The summed E-state index contributed by atoms with van der Waals surface area (Å²) in [6.45, 7) is 0.392. The molecule has 0 N–H and O–H groups in total. The molecule has 0 heterocycles. The van der Waals surface area contributed by atoms with Crippen LogP contribution in [-0.4, -0.2) is 38.8 Å². The lowest BCUT2D eigenvalue weighted by molar-refractivity contribution is -0.870. The number of alkyl halides is 1. The van der Waals surface area contributed by atoms with Crippen LogP contribution in [0.25, 0.3) is 0 Å². The maximum atomic E-state index is 11.5. The Morgan fingerprint density at radius 2 is 1.62 bits per heavy atom. The van der Waals surface area contributed by atoms with Crippen molar-refractivity contribution >= 4 is 0 Å². The summed E-state index contributed by atoms with van der Waals surface area (Å²) in [7, 11) is 5.92. The Hall–Kier alpha value is -0.180. The molecule has 0 unspecified atom stereocenters. The lowest BCUT2D eigenvalue weighted by atomic mass is 10.6. The van der Waals surface area contributed by atoms with Crippen LogP contribution in [0.2, 0.25) is 0 Å². The fraction of sp³-hybridized carbons (Fsp3) is 1.00. The zero-order valence-corrected chi connectivity index (χ0v) is 5.62. The number of rotatable bonds is 2. The van der Waals surface area contributed by atoms with Crippen LogP contribution in [0.5, 0.6) is 0 Å². The molecule has 0 aromatic rings. The van der Waals surface area contributed by atoms with Crippen LogP contribution in [-0.2, 0) is 0 Å². The number of nitrogens with zero attached hydrogens (tertiary/aromatic N) is 1. The summed E-state index contributed by atoms with van der Waals surface area (Å²) in [5.74, 6) is 0. The molecule has 0 fully saturated rings. The van der Waals surface area contributed by atoms with Gasteiger partial charge in [0.1, 0.15) is 13.2 Å². The molecular weight excluding hydrogens is 112 g/mol. The average Bonchev–Trinajstić information content (AvgIpc) is 1.30. The van der Waals surface area contributed by atoms with Crippen molar-refractivity contribution in [3.8, 4) is 0 Å². The number of hydrogen-bond acceptors (Lipinski definition) is 0. The first-order valence-corrected chi connectivity index (χ1v) is 2.43. The molecule has 0 aliphatic carbocycles. The Balaban J connectivity index is 0. The highest BCUT2D eigenvalue weighted by Crippen LogP contribution is 1.86. The van der Waals surface area contributed by atoms with Crippen molar-refractivity contribution in [1.82, 2.24) is 0 Å². The van der Waals surface area contributed by atoms with E-state index in [0.29, 0.717) is 6.54 Å². The first kappa shape index (κ1) is 10.7. The second-order valence-electron chi connectivity index (χ2n) is 2.70. The summed E-state index contributed by atoms with van der Waals surface area (Å²) >= 11 is 0. The van der Waals surface area contributed by atoms with Gasteiger partial charge in [0.15, 0.2) is 0 Å². The van der Waals surface area contributed by atoms with Crippen LogP contribution in [0.4, 0.5) is 4.39 Å². The van der Waals surface area contributed by atoms with Crippen LogP contribution < -0.4 is 4.70 Å². The van der Waals surface area contributed by atoms with Gasteiger partial charge in [0.25, 0.3) is 0 Å². The van der Waals surface area contributed by atoms with Crippen molar-refractivity contribution in [3.63, 3.8) is 0 Å². The van der Waals surface area contributed by atoms with Crippen LogP contribution in [0.1, 0.15) is 0 Å². The molecule has 0 amide bonds. The van der Waals surface area contributed by atoms with Crippen molar-refractivity contribution in [2.45, 2.75) is 0 Å². The van der Waals surface area contributed by atoms with Crippen molar-refractivity contribution in [3.05, 3.63) is 0 Å². The Morgan fingerprint density at radius 1 is 1.25 bits per heavy atom. The maximum absolute atomic E-state index is 11.5. The van der Waals surface area contributed by atoms with Crippen LogP contribution >= 0.6 is 0 Å². The second-order valence-corrected chi connectivity index (χ2v) is 2.70. The van der Waals surface area contributed by atoms with E-state index >= 15 is 0 Å². The molecule has 0 bridgehead atoms. The van der Waals surface area contributed by atoms with E-state index in [9.17, 15) is 4.39 Å². The molecule has 0 aromatic heterocycles. The monoisotopic (exact) mass is 125 g/mol. The largest absolute Gasteiger partial charge is 1.00 e. The smallest absolute Gasteiger partial charge is 0.138 e. The van der Waals surface area contributed by atoms with Gasteiger partial charge < -0.3 is 9.19 Å². The van der Waals surface area contributed by atoms with E-state index in [0.717, 1.165) is 4.48 Å². The van der Waals surface area contributed by atoms with Crippen LogP contribution in [0.3, 0.4) is 0 Å². The van der Waals surface area contributed by atoms with E-state index in [1.807, 2.05) is 21.1 Å². The minimum atomic E-state index is -0.219. The van der Waals surface area contributed by atoms with Gasteiger partial charge in [0.05, 0.1) is 21.1 Å². The van der Waals surface area contributed by atoms with Gasteiger partial charge >= 0.3 is 0 Å². The zero-order chi connectivity index (χ0) is 5.91. The molecule has 0 atom stereocenters. The molecule has 3 heteroatoms. The quantitative estimate of drug-likeness (QED) is 0.363. The molecule has 0 saturated carbocycles. The molecule has 8 heavy (non-hydrogen) atoms. The number of quaternary nitrogens is 1. The van der Waals surface area contributed by atoms with Gasteiger partial charge in [-0.25, -0.2) is 4.39 Å². The van der Waals surface area contributed by atoms with E-state index in [-0.39, 0.29) is 11.4 Å². The highest BCUT2D eigenvalue weighted by atomic mass is 19.1.